The van der Waals surface area contributed by atoms with Crippen molar-refractivity contribution in [2.45, 2.75) is 17.9 Å². The summed E-state index contributed by atoms with van der Waals surface area (Å²) in [7, 11) is -2.31. The van der Waals surface area contributed by atoms with Crippen LogP contribution >= 0.6 is 11.6 Å². The molecule has 0 aliphatic heterocycles. The number of nitrogens with zero attached hydrogens (tertiary/aromatic N) is 3. The Balaban J connectivity index is 1.65. The molecule has 0 aliphatic rings. The number of benzene rings is 3. The summed E-state index contributed by atoms with van der Waals surface area (Å²) in [5, 5.41) is 4.87. The van der Waals surface area contributed by atoms with Crippen molar-refractivity contribution >= 4 is 44.2 Å². The van der Waals surface area contributed by atoms with Crippen molar-refractivity contribution in [3.8, 4) is 16.8 Å². The van der Waals surface area contributed by atoms with Gasteiger partial charge in [-0.15, -0.1) is 0 Å². The van der Waals surface area contributed by atoms with E-state index in [2.05, 4.69) is 20.0 Å². The SMILES string of the molecule is CNS(=O)(=O)c1cccc(-c2cnc(N)nc2NC(C)c2cc3cccc(Cl)c3c(=O)n2-c2ccccc2)c1. The lowest BCUT2D eigenvalue weighted by Crippen LogP contribution is -2.26. The lowest BCUT2D eigenvalue weighted by Gasteiger charge is -2.23. The van der Waals surface area contributed by atoms with Gasteiger partial charge < -0.3 is 11.1 Å². The minimum Gasteiger partial charge on any atom is -0.368 e. The summed E-state index contributed by atoms with van der Waals surface area (Å²) in [6.07, 6.45) is 1.53. The normalized spacial score (nSPS) is 12.4. The summed E-state index contributed by atoms with van der Waals surface area (Å²) in [6, 6.07) is 22.5. The zero-order valence-corrected chi connectivity index (χ0v) is 22.7. The van der Waals surface area contributed by atoms with Crippen LogP contribution in [0.4, 0.5) is 11.8 Å². The third-order valence-electron chi connectivity index (χ3n) is 6.37. The zero-order chi connectivity index (χ0) is 27.7. The molecule has 0 aliphatic carbocycles. The topological polar surface area (TPSA) is 132 Å². The first-order valence-corrected chi connectivity index (χ1v) is 13.9. The van der Waals surface area contributed by atoms with Crippen molar-refractivity contribution in [2.75, 3.05) is 18.1 Å². The van der Waals surface area contributed by atoms with Gasteiger partial charge in [-0.05, 0) is 61.3 Å². The van der Waals surface area contributed by atoms with E-state index in [1.54, 1.807) is 28.8 Å². The molecular weight excluding hydrogens is 536 g/mol. The number of nitrogen functional groups attached to an aromatic ring is 1. The van der Waals surface area contributed by atoms with Gasteiger partial charge in [-0.2, -0.15) is 4.98 Å². The molecule has 9 nitrogen and oxygen atoms in total. The first-order chi connectivity index (χ1) is 18.7. The van der Waals surface area contributed by atoms with E-state index in [0.29, 0.717) is 44.1 Å². The van der Waals surface area contributed by atoms with Gasteiger partial charge in [-0.1, -0.05) is 54.1 Å². The fourth-order valence-electron chi connectivity index (χ4n) is 4.45. The number of pyridine rings is 1. The lowest BCUT2D eigenvalue weighted by atomic mass is 10.1. The predicted octanol–water partition coefficient (Wildman–Crippen LogP) is 4.76. The van der Waals surface area contributed by atoms with Gasteiger partial charge in [0.25, 0.3) is 5.56 Å². The van der Waals surface area contributed by atoms with Crippen molar-refractivity contribution in [1.29, 1.82) is 0 Å². The number of fused-ring (bicyclic) bond motifs is 1. The molecule has 0 radical (unpaired) electrons. The molecule has 5 rings (SSSR count). The molecule has 0 saturated carbocycles. The zero-order valence-electron chi connectivity index (χ0n) is 21.1. The maximum atomic E-state index is 13.8. The molecule has 11 heteroatoms. The summed E-state index contributed by atoms with van der Waals surface area (Å²) in [5.41, 5.74) is 8.15. The van der Waals surface area contributed by atoms with Crippen molar-refractivity contribution in [1.82, 2.24) is 19.3 Å². The fourth-order valence-corrected chi connectivity index (χ4v) is 5.48. The Morgan fingerprint density at radius 2 is 1.74 bits per heavy atom. The summed E-state index contributed by atoms with van der Waals surface area (Å²) < 4.78 is 28.7. The molecular formula is C28H25ClN6O3S. The van der Waals surface area contributed by atoms with Gasteiger partial charge in [-0.25, -0.2) is 18.1 Å². The van der Waals surface area contributed by atoms with E-state index in [4.69, 9.17) is 17.3 Å². The van der Waals surface area contributed by atoms with Crippen molar-refractivity contribution in [2.24, 2.45) is 0 Å². The molecule has 0 saturated heterocycles. The maximum absolute atomic E-state index is 13.8. The molecule has 2 aromatic heterocycles. The number of aromatic nitrogens is 3. The molecule has 0 amide bonds. The first kappa shape index (κ1) is 26.4. The number of para-hydroxylation sites is 1. The summed E-state index contributed by atoms with van der Waals surface area (Å²) in [4.78, 5) is 22.4. The van der Waals surface area contributed by atoms with Crippen molar-refractivity contribution in [3.63, 3.8) is 0 Å². The van der Waals surface area contributed by atoms with Crippen LogP contribution in [0, 0.1) is 0 Å². The van der Waals surface area contributed by atoms with Gasteiger partial charge in [0.05, 0.1) is 21.3 Å². The van der Waals surface area contributed by atoms with E-state index in [1.165, 1.54) is 25.4 Å². The first-order valence-electron chi connectivity index (χ1n) is 12.0. The number of nitrogens with two attached hydrogens (primary N) is 1. The Morgan fingerprint density at radius 1 is 1.00 bits per heavy atom. The van der Waals surface area contributed by atoms with Crippen LogP contribution < -0.4 is 21.3 Å². The number of sulfonamides is 1. The molecule has 0 bridgehead atoms. The van der Waals surface area contributed by atoms with E-state index >= 15 is 0 Å². The molecule has 1 atom stereocenters. The fraction of sp³-hybridized carbons (Fsp3) is 0.107. The van der Waals surface area contributed by atoms with E-state index in [1.807, 2.05) is 49.4 Å². The smallest absolute Gasteiger partial charge is 0.264 e. The number of hydrogen-bond acceptors (Lipinski definition) is 7. The number of hydrogen-bond donors (Lipinski definition) is 3. The highest BCUT2D eigenvalue weighted by Gasteiger charge is 2.20. The van der Waals surface area contributed by atoms with Crippen LogP contribution in [0.1, 0.15) is 18.7 Å². The van der Waals surface area contributed by atoms with Gasteiger partial charge in [0, 0.05) is 23.1 Å². The van der Waals surface area contributed by atoms with Crippen LogP contribution in [0.2, 0.25) is 5.02 Å². The van der Waals surface area contributed by atoms with E-state index in [9.17, 15) is 13.2 Å². The van der Waals surface area contributed by atoms with Gasteiger partial charge >= 0.3 is 0 Å². The molecule has 39 heavy (non-hydrogen) atoms. The minimum atomic E-state index is -3.67. The van der Waals surface area contributed by atoms with Gasteiger partial charge in [0.15, 0.2) is 0 Å². The molecule has 198 valence electrons. The summed E-state index contributed by atoms with van der Waals surface area (Å²) in [6.45, 7) is 1.90. The maximum Gasteiger partial charge on any atom is 0.264 e. The van der Waals surface area contributed by atoms with Crippen LogP contribution in [0.15, 0.2) is 94.7 Å². The number of nitrogens with one attached hydrogen (secondary N) is 2. The Morgan fingerprint density at radius 3 is 2.49 bits per heavy atom. The summed E-state index contributed by atoms with van der Waals surface area (Å²) in [5.74, 6) is 0.422. The largest absolute Gasteiger partial charge is 0.368 e. The number of halogens is 1. The molecule has 0 spiro atoms. The van der Waals surface area contributed by atoms with Crippen LogP contribution in [-0.2, 0) is 10.0 Å². The van der Waals surface area contributed by atoms with E-state index in [0.717, 1.165) is 0 Å². The Bertz CT molecular complexity index is 1860. The monoisotopic (exact) mass is 560 g/mol. The molecule has 1 unspecified atom stereocenters. The second-order valence-electron chi connectivity index (χ2n) is 8.84. The van der Waals surface area contributed by atoms with Crippen molar-refractivity contribution in [3.05, 3.63) is 106 Å². The molecule has 0 fully saturated rings. The van der Waals surface area contributed by atoms with Gasteiger partial charge in [-0.3, -0.25) is 9.36 Å². The third kappa shape index (κ3) is 5.09. The van der Waals surface area contributed by atoms with Crippen molar-refractivity contribution < 1.29 is 8.42 Å². The highest BCUT2D eigenvalue weighted by atomic mass is 35.5. The van der Waals surface area contributed by atoms with E-state index < -0.39 is 16.1 Å². The molecule has 5 aromatic rings. The highest BCUT2D eigenvalue weighted by Crippen LogP contribution is 2.32. The van der Waals surface area contributed by atoms with Gasteiger partial charge in [0.2, 0.25) is 16.0 Å². The highest BCUT2D eigenvalue weighted by molar-refractivity contribution is 7.89. The Hall–Kier alpha value is -4.25. The molecule has 3 aromatic carbocycles. The quantitative estimate of drug-likeness (QED) is 0.261. The van der Waals surface area contributed by atoms with Crippen LogP contribution in [0.25, 0.3) is 27.6 Å². The standard InChI is InChI=1S/C28H25ClN6O3S/c1-17(24-15-19-9-7-13-23(29)25(19)27(36)35(24)20-10-4-3-5-11-20)33-26-22(16-32-28(30)34-26)18-8-6-12-21(14-18)39(37,38)31-2/h3-17,31H,1-2H3,(H3,30,32,33,34). The van der Waals surface area contributed by atoms with Crippen LogP contribution in [0.3, 0.4) is 0 Å². The molecule has 2 heterocycles. The second kappa shape index (κ2) is 10.5. The molecule has 4 N–H and O–H groups in total. The van der Waals surface area contributed by atoms with Gasteiger partial charge in [0.1, 0.15) is 5.82 Å². The average Bonchev–Trinajstić information content (AvgIpc) is 2.93. The minimum absolute atomic E-state index is 0.0400. The van der Waals surface area contributed by atoms with Crippen LogP contribution in [-0.4, -0.2) is 30.0 Å². The lowest BCUT2D eigenvalue weighted by molar-refractivity contribution is 0.588. The van der Waals surface area contributed by atoms with Crippen LogP contribution in [0.5, 0.6) is 0 Å². The predicted molar refractivity (Wildman–Crippen MR) is 155 cm³/mol. The third-order valence-corrected chi connectivity index (χ3v) is 8.09. The number of anilines is 2. The van der Waals surface area contributed by atoms with E-state index in [-0.39, 0.29) is 16.4 Å². The average molecular weight is 561 g/mol. The second-order valence-corrected chi connectivity index (χ2v) is 11.1. The Labute approximate surface area is 230 Å². The Kier molecular flexibility index (Phi) is 7.09. The number of rotatable bonds is 7. The summed E-state index contributed by atoms with van der Waals surface area (Å²) >= 11 is 6.44.